The van der Waals surface area contributed by atoms with Gasteiger partial charge in [-0.2, -0.15) is 0 Å². The van der Waals surface area contributed by atoms with Gasteiger partial charge in [-0.05, 0) is 31.9 Å². The second-order valence-corrected chi connectivity index (χ2v) is 6.44. The first-order valence-corrected chi connectivity index (χ1v) is 7.97. The van der Waals surface area contributed by atoms with E-state index in [0.29, 0.717) is 18.1 Å². The standard InChI is InChI=1S/C17H25FN2O/c1-12(9-20-10-13-7-8-14(11-20)21-13)17(19-2)15-5-3-4-6-16(15)18/h3-6,12-14,17,19H,7-11H2,1-2H3. The predicted octanol–water partition coefficient (Wildman–Crippen LogP) is 2.59. The highest BCUT2D eigenvalue weighted by Crippen LogP contribution is 2.29. The lowest BCUT2D eigenvalue weighted by atomic mass is 9.93. The maximum absolute atomic E-state index is 14.0. The Hall–Kier alpha value is -0.970. The second-order valence-electron chi connectivity index (χ2n) is 6.44. The largest absolute Gasteiger partial charge is 0.372 e. The maximum Gasteiger partial charge on any atom is 0.127 e. The summed E-state index contributed by atoms with van der Waals surface area (Å²) in [4.78, 5) is 2.49. The molecule has 0 amide bonds. The fourth-order valence-electron chi connectivity index (χ4n) is 3.83. The molecule has 116 valence electrons. The first-order chi connectivity index (χ1) is 10.2. The van der Waals surface area contributed by atoms with Crippen LogP contribution < -0.4 is 5.32 Å². The molecule has 4 atom stereocenters. The minimum Gasteiger partial charge on any atom is -0.372 e. The molecule has 3 nitrogen and oxygen atoms in total. The topological polar surface area (TPSA) is 24.5 Å². The number of benzene rings is 1. The van der Waals surface area contributed by atoms with Gasteiger partial charge < -0.3 is 10.1 Å². The van der Waals surface area contributed by atoms with Gasteiger partial charge in [-0.25, -0.2) is 4.39 Å². The van der Waals surface area contributed by atoms with Crippen molar-refractivity contribution in [2.75, 3.05) is 26.7 Å². The molecule has 21 heavy (non-hydrogen) atoms. The molecule has 0 spiro atoms. The van der Waals surface area contributed by atoms with E-state index in [-0.39, 0.29) is 11.9 Å². The van der Waals surface area contributed by atoms with E-state index in [4.69, 9.17) is 4.74 Å². The summed E-state index contributed by atoms with van der Waals surface area (Å²) in [6, 6.07) is 7.13. The fraction of sp³-hybridized carbons (Fsp3) is 0.647. The summed E-state index contributed by atoms with van der Waals surface area (Å²) >= 11 is 0. The number of nitrogens with zero attached hydrogens (tertiary/aromatic N) is 1. The number of morpholine rings is 1. The van der Waals surface area contributed by atoms with Crippen molar-refractivity contribution in [2.24, 2.45) is 5.92 Å². The molecule has 4 heteroatoms. The third-order valence-corrected chi connectivity index (χ3v) is 4.79. The molecule has 1 aromatic rings. The quantitative estimate of drug-likeness (QED) is 0.903. The first-order valence-electron chi connectivity index (χ1n) is 7.97. The molecule has 1 aromatic carbocycles. The summed E-state index contributed by atoms with van der Waals surface area (Å²) in [5.74, 6) is 0.232. The van der Waals surface area contributed by atoms with Crippen LogP contribution in [0.1, 0.15) is 31.4 Å². The van der Waals surface area contributed by atoms with Gasteiger partial charge in [0.2, 0.25) is 0 Å². The zero-order valence-electron chi connectivity index (χ0n) is 12.9. The van der Waals surface area contributed by atoms with Gasteiger partial charge in [0.1, 0.15) is 5.82 Å². The molecule has 4 unspecified atom stereocenters. The molecule has 2 fully saturated rings. The van der Waals surface area contributed by atoms with Crippen LogP contribution in [0.4, 0.5) is 4.39 Å². The van der Waals surface area contributed by atoms with Crippen molar-refractivity contribution in [3.63, 3.8) is 0 Å². The number of fused-ring (bicyclic) bond motifs is 2. The zero-order valence-corrected chi connectivity index (χ0v) is 12.9. The van der Waals surface area contributed by atoms with Crippen LogP contribution in [0.25, 0.3) is 0 Å². The van der Waals surface area contributed by atoms with E-state index in [1.54, 1.807) is 12.1 Å². The highest BCUT2D eigenvalue weighted by atomic mass is 19.1. The van der Waals surface area contributed by atoms with Gasteiger partial charge >= 0.3 is 0 Å². The monoisotopic (exact) mass is 292 g/mol. The van der Waals surface area contributed by atoms with Crippen LogP contribution in [0.2, 0.25) is 0 Å². The minimum atomic E-state index is -0.120. The SMILES string of the molecule is CNC(c1ccccc1F)C(C)CN1CC2CCC(C1)O2. The van der Waals surface area contributed by atoms with Gasteiger partial charge in [-0.15, -0.1) is 0 Å². The normalized spacial score (nSPS) is 28.5. The maximum atomic E-state index is 14.0. The Labute approximate surface area is 126 Å². The van der Waals surface area contributed by atoms with Crippen molar-refractivity contribution >= 4 is 0 Å². The molecule has 0 aliphatic carbocycles. The zero-order chi connectivity index (χ0) is 14.8. The molecule has 1 N–H and O–H groups in total. The molecule has 3 rings (SSSR count). The molecular weight excluding hydrogens is 267 g/mol. The Morgan fingerprint density at radius 1 is 1.29 bits per heavy atom. The molecule has 2 aliphatic heterocycles. The van der Waals surface area contributed by atoms with E-state index in [0.717, 1.165) is 25.2 Å². The Bertz CT molecular complexity index is 470. The Balaban J connectivity index is 1.65. The number of ether oxygens (including phenoxy) is 1. The van der Waals surface area contributed by atoms with Crippen LogP contribution >= 0.6 is 0 Å². The van der Waals surface area contributed by atoms with Gasteiger partial charge in [0, 0.05) is 31.2 Å². The molecule has 2 heterocycles. The number of hydrogen-bond acceptors (Lipinski definition) is 3. The van der Waals surface area contributed by atoms with Gasteiger partial charge in [0.15, 0.2) is 0 Å². The third kappa shape index (κ3) is 3.28. The van der Waals surface area contributed by atoms with Gasteiger partial charge in [0.25, 0.3) is 0 Å². The van der Waals surface area contributed by atoms with Crippen molar-refractivity contribution in [2.45, 2.75) is 38.0 Å². The summed E-state index contributed by atoms with van der Waals surface area (Å²) in [5.41, 5.74) is 0.767. The van der Waals surface area contributed by atoms with Gasteiger partial charge in [-0.1, -0.05) is 25.1 Å². The second kappa shape index (κ2) is 6.42. The lowest BCUT2D eigenvalue weighted by Gasteiger charge is -2.36. The number of likely N-dealkylation sites (tertiary alicyclic amines) is 1. The summed E-state index contributed by atoms with van der Waals surface area (Å²) in [6.45, 7) is 5.23. The van der Waals surface area contributed by atoms with Crippen LogP contribution in [0, 0.1) is 11.7 Å². The van der Waals surface area contributed by atoms with Gasteiger partial charge in [0.05, 0.1) is 12.2 Å². The van der Waals surface area contributed by atoms with Crippen molar-refractivity contribution < 1.29 is 9.13 Å². The average Bonchev–Trinajstić information content (AvgIpc) is 2.81. The molecule has 2 aliphatic rings. The number of hydrogen-bond donors (Lipinski definition) is 1. The van der Waals surface area contributed by atoms with Crippen LogP contribution in [0.3, 0.4) is 0 Å². The lowest BCUT2D eigenvalue weighted by molar-refractivity contribution is -0.0431. The fourth-order valence-corrected chi connectivity index (χ4v) is 3.83. The first kappa shape index (κ1) is 14.9. The van der Waals surface area contributed by atoms with Crippen molar-refractivity contribution in [3.05, 3.63) is 35.6 Å². The molecule has 2 saturated heterocycles. The summed E-state index contributed by atoms with van der Waals surface area (Å²) in [7, 11) is 1.91. The average molecular weight is 292 g/mol. The molecule has 0 radical (unpaired) electrons. The van der Waals surface area contributed by atoms with E-state index in [9.17, 15) is 4.39 Å². The molecule has 0 aromatic heterocycles. The van der Waals surface area contributed by atoms with Crippen molar-refractivity contribution in [3.8, 4) is 0 Å². The minimum absolute atomic E-state index is 0.0479. The van der Waals surface area contributed by atoms with Crippen LogP contribution in [0.5, 0.6) is 0 Å². The molecule has 2 bridgehead atoms. The van der Waals surface area contributed by atoms with Crippen molar-refractivity contribution in [1.82, 2.24) is 10.2 Å². The van der Waals surface area contributed by atoms with E-state index in [2.05, 4.69) is 17.1 Å². The van der Waals surface area contributed by atoms with Gasteiger partial charge in [-0.3, -0.25) is 4.90 Å². The van der Waals surface area contributed by atoms with E-state index in [1.807, 2.05) is 19.2 Å². The summed E-state index contributed by atoms with van der Waals surface area (Å²) in [6.07, 6.45) is 3.21. The van der Waals surface area contributed by atoms with Crippen LogP contribution in [-0.4, -0.2) is 43.8 Å². The number of rotatable bonds is 5. The third-order valence-electron chi connectivity index (χ3n) is 4.79. The van der Waals surface area contributed by atoms with E-state index >= 15 is 0 Å². The van der Waals surface area contributed by atoms with E-state index in [1.165, 1.54) is 12.8 Å². The van der Waals surface area contributed by atoms with Crippen LogP contribution in [-0.2, 0) is 4.74 Å². The Kier molecular flexibility index (Phi) is 4.57. The highest BCUT2D eigenvalue weighted by Gasteiger charge is 2.34. The molecular formula is C17H25FN2O. The smallest absolute Gasteiger partial charge is 0.127 e. The predicted molar refractivity (Wildman–Crippen MR) is 81.7 cm³/mol. The number of nitrogens with one attached hydrogen (secondary N) is 1. The Morgan fingerprint density at radius 3 is 2.57 bits per heavy atom. The highest BCUT2D eigenvalue weighted by molar-refractivity contribution is 5.21. The van der Waals surface area contributed by atoms with Crippen LogP contribution in [0.15, 0.2) is 24.3 Å². The molecule has 0 saturated carbocycles. The lowest BCUT2D eigenvalue weighted by Crippen LogP contribution is -2.45. The summed E-state index contributed by atoms with van der Waals surface area (Å²) < 4.78 is 19.9. The van der Waals surface area contributed by atoms with Crippen molar-refractivity contribution in [1.29, 1.82) is 0 Å². The number of halogens is 1. The van der Waals surface area contributed by atoms with E-state index < -0.39 is 0 Å². The Morgan fingerprint density at radius 2 is 1.95 bits per heavy atom. The summed E-state index contributed by atoms with van der Waals surface area (Å²) in [5, 5.41) is 3.29.